The normalized spacial score (nSPS) is 11.1. The van der Waals surface area contributed by atoms with Gasteiger partial charge in [-0.2, -0.15) is 0 Å². The van der Waals surface area contributed by atoms with Crippen molar-refractivity contribution in [2.45, 2.75) is 33.6 Å². The average Bonchev–Trinajstić information content (AvgIpc) is 2.44. The highest BCUT2D eigenvalue weighted by atomic mass is 35.5. The highest BCUT2D eigenvalue weighted by molar-refractivity contribution is 6.34. The molecule has 0 unspecified atom stereocenters. The number of carbonyl (C=O) groups is 2. The Bertz CT molecular complexity index is 519. The fourth-order valence-corrected chi connectivity index (χ4v) is 2.27. The number of nitrogens with two attached hydrogens (primary N) is 1. The van der Waals surface area contributed by atoms with Crippen molar-refractivity contribution in [2.75, 3.05) is 17.2 Å². The van der Waals surface area contributed by atoms with Crippen LogP contribution in [-0.4, -0.2) is 18.4 Å². The zero-order valence-corrected chi connectivity index (χ0v) is 13.4. The summed E-state index contributed by atoms with van der Waals surface area (Å²) in [6.45, 7) is 5.56. The summed E-state index contributed by atoms with van der Waals surface area (Å²) in [6.07, 6.45) is 1.30. The first kappa shape index (κ1) is 17.5. The molecule has 1 aromatic rings. The van der Waals surface area contributed by atoms with Gasteiger partial charge in [0.05, 0.1) is 16.1 Å². The molecule has 4 N–H and O–H groups in total. The van der Waals surface area contributed by atoms with Crippen molar-refractivity contribution in [3.63, 3.8) is 0 Å². The minimum absolute atomic E-state index is 0.156. The Morgan fingerprint density at radius 3 is 2.33 bits per heavy atom. The number of carbonyl (C=O) groups excluding carboxylic acids is 2. The number of halogens is 1. The van der Waals surface area contributed by atoms with Gasteiger partial charge in [0.25, 0.3) is 0 Å². The molecule has 0 aliphatic rings. The maximum absolute atomic E-state index is 12.5. The van der Waals surface area contributed by atoms with E-state index < -0.39 is 5.41 Å². The van der Waals surface area contributed by atoms with Crippen LogP contribution in [0.1, 0.15) is 33.6 Å². The van der Waals surface area contributed by atoms with E-state index >= 15 is 0 Å². The predicted octanol–water partition coefficient (Wildman–Crippen LogP) is 3.00. The van der Waals surface area contributed by atoms with Crippen molar-refractivity contribution >= 4 is 34.8 Å². The summed E-state index contributed by atoms with van der Waals surface area (Å²) < 4.78 is 0. The van der Waals surface area contributed by atoms with Gasteiger partial charge in [-0.1, -0.05) is 25.4 Å². The van der Waals surface area contributed by atoms with Crippen LogP contribution in [0.5, 0.6) is 0 Å². The van der Waals surface area contributed by atoms with Crippen LogP contribution in [0.25, 0.3) is 0 Å². The standard InChI is InChI=1S/C15H22ClN3O2/c1-4-15(5-2,9-17)14(21)19-13-8-11(18-10(3)20)6-7-12(13)16/h6-8H,4-5,9,17H2,1-3H3,(H,18,20)(H,19,21). The molecule has 0 saturated carbocycles. The van der Waals surface area contributed by atoms with Gasteiger partial charge < -0.3 is 16.4 Å². The van der Waals surface area contributed by atoms with Gasteiger partial charge in [0, 0.05) is 19.2 Å². The summed E-state index contributed by atoms with van der Waals surface area (Å²) >= 11 is 6.10. The Hall–Kier alpha value is -1.59. The zero-order valence-electron chi connectivity index (χ0n) is 12.6. The highest BCUT2D eigenvalue weighted by Crippen LogP contribution is 2.30. The van der Waals surface area contributed by atoms with Crippen LogP contribution in [0.4, 0.5) is 11.4 Å². The van der Waals surface area contributed by atoms with Gasteiger partial charge in [-0.05, 0) is 31.0 Å². The molecule has 0 heterocycles. The third kappa shape index (κ3) is 4.19. The Morgan fingerprint density at radius 2 is 1.86 bits per heavy atom. The molecule has 0 radical (unpaired) electrons. The molecule has 1 aromatic carbocycles. The zero-order chi connectivity index (χ0) is 16.0. The van der Waals surface area contributed by atoms with Gasteiger partial charge >= 0.3 is 0 Å². The number of benzene rings is 1. The molecule has 0 saturated heterocycles. The van der Waals surface area contributed by atoms with Gasteiger partial charge in [-0.3, -0.25) is 9.59 Å². The predicted molar refractivity (Wildman–Crippen MR) is 86.5 cm³/mol. The Balaban J connectivity index is 3.01. The number of hydrogen-bond acceptors (Lipinski definition) is 3. The highest BCUT2D eigenvalue weighted by Gasteiger charge is 2.33. The van der Waals surface area contributed by atoms with E-state index in [-0.39, 0.29) is 18.4 Å². The first-order valence-electron chi connectivity index (χ1n) is 6.97. The summed E-state index contributed by atoms with van der Waals surface area (Å²) in [4.78, 5) is 23.6. The van der Waals surface area contributed by atoms with Crippen LogP contribution < -0.4 is 16.4 Å². The van der Waals surface area contributed by atoms with E-state index in [9.17, 15) is 9.59 Å². The van der Waals surface area contributed by atoms with Crippen LogP contribution in [0.2, 0.25) is 5.02 Å². The second-order valence-corrected chi connectivity index (χ2v) is 5.43. The fourth-order valence-electron chi connectivity index (χ4n) is 2.11. The van der Waals surface area contributed by atoms with Crippen molar-refractivity contribution in [3.8, 4) is 0 Å². The molecule has 0 spiro atoms. The van der Waals surface area contributed by atoms with Crippen molar-refractivity contribution < 1.29 is 9.59 Å². The first-order valence-corrected chi connectivity index (χ1v) is 7.35. The van der Waals surface area contributed by atoms with Gasteiger partial charge in [-0.25, -0.2) is 0 Å². The fraction of sp³-hybridized carbons (Fsp3) is 0.467. The van der Waals surface area contributed by atoms with E-state index in [2.05, 4.69) is 10.6 Å². The summed E-state index contributed by atoms with van der Waals surface area (Å²) in [5.41, 5.74) is 6.21. The third-order valence-electron chi connectivity index (χ3n) is 3.76. The Kier molecular flexibility index (Phi) is 6.18. The smallest absolute Gasteiger partial charge is 0.231 e. The second kappa shape index (κ2) is 7.43. The van der Waals surface area contributed by atoms with Gasteiger partial charge in [0.1, 0.15) is 0 Å². The molecule has 2 amide bonds. The monoisotopic (exact) mass is 311 g/mol. The van der Waals surface area contributed by atoms with Gasteiger partial charge in [-0.15, -0.1) is 0 Å². The number of nitrogens with one attached hydrogen (secondary N) is 2. The first-order chi connectivity index (χ1) is 9.88. The molecule has 0 fully saturated rings. The maximum Gasteiger partial charge on any atom is 0.231 e. The van der Waals surface area contributed by atoms with Gasteiger partial charge in [0.15, 0.2) is 0 Å². The Labute approximate surface area is 130 Å². The molecule has 1 rings (SSSR count). The van der Waals surface area contributed by atoms with Gasteiger partial charge in [0.2, 0.25) is 11.8 Å². The minimum Gasteiger partial charge on any atom is -0.329 e. The topological polar surface area (TPSA) is 84.2 Å². The van der Waals surface area contributed by atoms with Crippen molar-refractivity contribution in [3.05, 3.63) is 23.2 Å². The average molecular weight is 312 g/mol. The van der Waals surface area contributed by atoms with Crippen LogP contribution in [0, 0.1) is 5.41 Å². The second-order valence-electron chi connectivity index (χ2n) is 5.02. The van der Waals surface area contributed by atoms with E-state index in [0.29, 0.717) is 29.2 Å². The number of amides is 2. The molecule has 21 heavy (non-hydrogen) atoms. The Morgan fingerprint density at radius 1 is 1.24 bits per heavy atom. The van der Waals surface area contributed by atoms with E-state index in [4.69, 9.17) is 17.3 Å². The quantitative estimate of drug-likeness (QED) is 0.755. The summed E-state index contributed by atoms with van der Waals surface area (Å²) in [5, 5.41) is 5.88. The lowest BCUT2D eigenvalue weighted by atomic mass is 9.81. The minimum atomic E-state index is -0.604. The van der Waals surface area contributed by atoms with E-state index in [0.717, 1.165) is 0 Å². The molecule has 0 bridgehead atoms. The molecular weight excluding hydrogens is 290 g/mol. The lowest BCUT2D eigenvalue weighted by molar-refractivity contribution is -0.125. The molecule has 0 aromatic heterocycles. The van der Waals surface area contributed by atoms with E-state index in [1.165, 1.54) is 6.92 Å². The molecular formula is C15H22ClN3O2. The van der Waals surface area contributed by atoms with E-state index in [1.807, 2.05) is 13.8 Å². The van der Waals surface area contributed by atoms with Crippen molar-refractivity contribution in [1.29, 1.82) is 0 Å². The van der Waals surface area contributed by atoms with Crippen LogP contribution in [-0.2, 0) is 9.59 Å². The number of rotatable bonds is 6. The summed E-state index contributed by atoms with van der Waals surface area (Å²) in [6, 6.07) is 4.94. The third-order valence-corrected chi connectivity index (χ3v) is 4.09. The molecule has 0 atom stereocenters. The lowest BCUT2D eigenvalue weighted by Crippen LogP contribution is -2.41. The summed E-state index contributed by atoms with van der Waals surface area (Å²) in [7, 11) is 0. The molecule has 116 valence electrons. The largest absolute Gasteiger partial charge is 0.329 e. The van der Waals surface area contributed by atoms with Crippen molar-refractivity contribution in [2.24, 2.45) is 11.1 Å². The van der Waals surface area contributed by atoms with Crippen LogP contribution in [0.3, 0.4) is 0 Å². The SMILES string of the molecule is CCC(CC)(CN)C(=O)Nc1cc(NC(C)=O)ccc1Cl. The maximum atomic E-state index is 12.5. The lowest BCUT2D eigenvalue weighted by Gasteiger charge is -2.28. The molecule has 5 nitrogen and oxygen atoms in total. The van der Waals surface area contributed by atoms with Crippen molar-refractivity contribution in [1.82, 2.24) is 0 Å². The summed E-state index contributed by atoms with van der Waals surface area (Å²) in [5.74, 6) is -0.343. The van der Waals surface area contributed by atoms with E-state index in [1.54, 1.807) is 18.2 Å². The number of hydrogen-bond donors (Lipinski definition) is 3. The van der Waals surface area contributed by atoms with Crippen LogP contribution >= 0.6 is 11.6 Å². The molecule has 0 aliphatic carbocycles. The molecule has 6 heteroatoms. The van der Waals surface area contributed by atoms with Crippen LogP contribution in [0.15, 0.2) is 18.2 Å². The number of anilines is 2. The molecule has 0 aliphatic heterocycles.